The smallest absolute Gasteiger partial charge is 0.414 e. The average molecular weight is 323 g/mol. The maximum atomic E-state index is 13.1. The van der Waals surface area contributed by atoms with E-state index in [2.05, 4.69) is 0 Å². The van der Waals surface area contributed by atoms with Crippen LogP contribution in [0.15, 0.2) is 42.5 Å². The van der Waals surface area contributed by atoms with Gasteiger partial charge in [0.15, 0.2) is 23.6 Å². The lowest BCUT2D eigenvalue weighted by molar-refractivity contribution is 0.104. The van der Waals surface area contributed by atoms with Crippen LogP contribution in [0.5, 0.6) is 5.75 Å². The van der Waals surface area contributed by atoms with Gasteiger partial charge in [0.1, 0.15) is 12.4 Å². The van der Waals surface area contributed by atoms with Gasteiger partial charge >= 0.3 is 6.09 Å². The van der Waals surface area contributed by atoms with Crippen molar-refractivity contribution < 1.29 is 27.4 Å². The molecule has 0 spiro atoms. The fraction of sp³-hybridized carbons (Fsp3) is 0.188. The minimum Gasteiger partial charge on any atom is -0.489 e. The number of benzene rings is 2. The van der Waals surface area contributed by atoms with E-state index in [1.165, 1.54) is 4.90 Å². The number of rotatable bonds is 4. The Morgan fingerprint density at radius 1 is 1.13 bits per heavy atom. The molecule has 120 valence electrons. The number of anilines is 1. The Kier molecular flexibility index (Phi) is 4.10. The Morgan fingerprint density at radius 3 is 2.43 bits per heavy atom. The lowest BCUT2D eigenvalue weighted by Gasteiger charge is -2.13. The molecule has 1 unspecified atom stereocenters. The number of ether oxygens (including phenoxy) is 2. The van der Waals surface area contributed by atoms with Crippen molar-refractivity contribution in [2.24, 2.45) is 0 Å². The molecule has 2 aromatic carbocycles. The number of hydrogen-bond acceptors (Lipinski definition) is 3. The number of carbonyl (C=O) groups excluding carboxylic acids is 1. The van der Waals surface area contributed by atoms with Gasteiger partial charge in [-0.3, -0.25) is 4.90 Å². The molecule has 0 aromatic heterocycles. The molecule has 0 radical (unpaired) electrons. The van der Waals surface area contributed by atoms with Gasteiger partial charge in [0.25, 0.3) is 0 Å². The maximum absolute atomic E-state index is 13.1. The van der Waals surface area contributed by atoms with Crippen molar-refractivity contribution in [3.8, 4) is 5.75 Å². The zero-order valence-electron chi connectivity index (χ0n) is 11.8. The fourth-order valence-electron chi connectivity index (χ4n) is 2.23. The number of hydrogen-bond donors (Lipinski definition) is 0. The summed E-state index contributed by atoms with van der Waals surface area (Å²) < 4.78 is 49.4. The second-order valence-electron chi connectivity index (χ2n) is 4.96. The van der Waals surface area contributed by atoms with Crippen LogP contribution in [0, 0.1) is 17.5 Å². The van der Waals surface area contributed by atoms with Crippen LogP contribution in [0.25, 0.3) is 0 Å². The van der Waals surface area contributed by atoms with E-state index in [9.17, 15) is 18.0 Å². The minimum atomic E-state index is -1.56. The molecule has 0 bridgehead atoms. The highest BCUT2D eigenvalue weighted by Gasteiger charge is 2.32. The summed E-state index contributed by atoms with van der Waals surface area (Å²) in [7, 11) is 0. The summed E-state index contributed by atoms with van der Waals surface area (Å²) in [6.07, 6.45) is -1.12. The second kappa shape index (κ2) is 6.20. The molecule has 1 aliphatic rings. The Hall–Kier alpha value is -2.70. The van der Waals surface area contributed by atoms with Crippen LogP contribution in [0.4, 0.5) is 23.7 Å². The highest BCUT2D eigenvalue weighted by Crippen LogP contribution is 2.23. The van der Waals surface area contributed by atoms with Crippen LogP contribution >= 0.6 is 0 Å². The largest absolute Gasteiger partial charge is 0.489 e. The molecule has 23 heavy (non-hydrogen) atoms. The van der Waals surface area contributed by atoms with Gasteiger partial charge in [0.05, 0.1) is 6.54 Å². The first-order chi connectivity index (χ1) is 11.0. The van der Waals surface area contributed by atoms with Gasteiger partial charge < -0.3 is 9.47 Å². The number of cyclic esters (lactones) is 1. The lowest BCUT2D eigenvalue weighted by atomic mass is 10.3. The van der Waals surface area contributed by atoms with Crippen LogP contribution in [0.2, 0.25) is 0 Å². The quantitative estimate of drug-likeness (QED) is 0.808. The molecule has 1 amide bonds. The molecule has 1 atom stereocenters. The van der Waals surface area contributed by atoms with Gasteiger partial charge in [-0.2, -0.15) is 0 Å². The third-order valence-electron chi connectivity index (χ3n) is 3.34. The number of halogens is 3. The monoisotopic (exact) mass is 323 g/mol. The predicted octanol–water partition coefficient (Wildman–Crippen LogP) is 3.51. The summed E-state index contributed by atoms with van der Waals surface area (Å²) in [6, 6.07) is 10.4. The van der Waals surface area contributed by atoms with Crippen molar-refractivity contribution in [3.63, 3.8) is 0 Å². The molecule has 0 aliphatic carbocycles. The van der Waals surface area contributed by atoms with E-state index in [4.69, 9.17) is 9.47 Å². The summed E-state index contributed by atoms with van der Waals surface area (Å²) in [6.45, 7) is 0.147. The van der Waals surface area contributed by atoms with Gasteiger partial charge in [-0.15, -0.1) is 0 Å². The number of amides is 1. The first-order valence-corrected chi connectivity index (χ1v) is 6.85. The molecule has 1 heterocycles. The van der Waals surface area contributed by atoms with Gasteiger partial charge in [0, 0.05) is 17.8 Å². The number of carbonyl (C=O) groups is 1. The van der Waals surface area contributed by atoms with E-state index in [1.807, 2.05) is 6.07 Å². The highest BCUT2D eigenvalue weighted by atomic mass is 19.2. The molecule has 0 saturated carbocycles. The van der Waals surface area contributed by atoms with E-state index in [0.717, 1.165) is 12.1 Å². The molecule has 1 aliphatic heterocycles. The molecule has 4 nitrogen and oxygen atoms in total. The summed E-state index contributed by atoms with van der Waals surface area (Å²) >= 11 is 0. The van der Waals surface area contributed by atoms with E-state index < -0.39 is 29.6 Å². The van der Waals surface area contributed by atoms with Crippen LogP contribution in [0.3, 0.4) is 0 Å². The Labute approximate surface area is 130 Å². The van der Waals surface area contributed by atoms with Crippen molar-refractivity contribution >= 4 is 11.8 Å². The van der Waals surface area contributed by atoms with Crippen LogP contribution in [-0.2, 0) is 4.74 Å². The Balaban J connectivity index is 1.63. The topological polar surface area (TPSA) is 38.8 Å². The van der Waals surface area contributed by atoms with Crippen molar-refractivity contribution in [2.45, 2.75) is 6.10 Å². The van der Waals surface area contributed by atoms with Crippen molar-refractivity contribution in [2.75, 3.05) is 18.1 Å². The van der Waals surface area contributed by atoms with E-state index >= 15 is 0 Å². The van der Waals surface area contributed by atoms with E-state index in [-0.39, 0.29) is 18.9 Å². The van der Waals surface area contributed by atoms with Gasteiger partial charge in [-0.25, -0.2) is 18.0 Å². The first kappa shape index (κ1) is 15.2. The fourth-order valence-corrected chi connectivity index (χ4v) is 2.23. The molecule has 3 rings (SSSR count). The zero-order chi connectivity index (χ0) is 16.4. The molecule has 1 fully saturated rings. The SMILES string of the molecule is O=C1OC(COc2cc(F)c(F)c(F)c2)CN1c1ccccc1. The van der Waals surface area contributed by atoms with E-state index in [0.29, 0.717) is 5.69 Å². The van der Waals surface area contributed by atoms with Crippen molar-refractivity contribution in [3.05, 3.63) is 59.9 Å². The Bertz CT molecular complexity index is 701. The van der Waals surface area contributed by atoms with Gasteiger partial charge in [-0.1, -0.05) is 18.2 Å². The predicted molar refractivity (Wildman–Crippen MR) is 75.9 cm³/mol. The first-order valence-electron chi connectivity index (χ1n) is 6.85. The molecule has 1 saturated heterocycles. The van der Waals surface area contributed by atoms with Crippen LogP contribution in [-0.4, -0.2) is 25.3 Å². The summed E-state index contributed by atoms with van der Waals surface area (Å²) in [5.41, 5.74) is 0.680. The lowest BCUT2D eigenvalue weighted by Crippen LogP contribution is -2.26. The van der Waals surface area contributed by atoms with Crippen LogP contribution in [0.1, 0.15) is 0 Å². The third-order valence-corrected chi connectivity index (χ3v) is 3.34. The molecule has 0 N–H and O–H groups in total. The highest BCUT2D eigenvalue weighted by molar-refractivity contribution is 5.89. The van der Waals surface area contributed by atoms with Crippen molar-refractivity contribution in [1.29, 1.82) is 0 Å². The van der Waals surface area contributed by atoms with E-state index in [1.54, 1.807) is 24.3 Å². The minimum absolute atomic E-state index is 0.0976. The standard InChI is InChI=1S/C16H12F3NO3/c17-13-6-11(7-14(18)15(13)19)22-9-12-8-20(16(21)23-12)10-4-2-1-3-5-10/h1-7,12H,8-9H2. The summed E-state index contributed by atoms with van der Waals surface area (Å²) in [5, 5.41) is 0. The summed E-state index contributed by atoms with van der Waals surface area (Å²) in [4.78, 5) is 13.3. The number of nitrogens with zero attached hydrogens (tertiary/aromatic N) is 1. The maximum Gasteiger partial charge on any atom is 0.414 e. The summed E-state index contributed by atoms with van der Waals surface area (Å²) in [5.74, 6) is -4.40. The third kappa shape index (κ3) is 3.23. The second-order valence-corrected chi connectivity index (χ2v) is 4.96. The van der Waals surface area contributed by atoms with Crippen LogP contribution < -0.4 is 9.64 Å². The average Bonchev–Trinajstić information content (AvgIpc) is 2.92. The van der Waals surface area contributed by atoms with Gasteiger partial charge in [0.2, 0.25) is 0 Å². The molecule has 2 aromatic rings. The Morgan fingerprint density at radius 2 is 1.78 bits per heavy atom. The molecular formula is C16H12F3NO3. The molecular weight excluding hydrogens is 311 g/mol. The molecule has 7 heteroatoms. The normalized spacial score (nSPS) is 17.3. The van der Waals surface area contributed by atoms with Gasteiger partial charge in [-0.05, 0) is 12.1 Å². The zero-order valence-corrected chi connectivity index (χ0v) is 11.8. The van der Waals surface area contributed by atoms with Crippen molar-refractivity contribution in [1.82, 2.24) is 0 Å². The number of para-hydroxylation sites is 1.